The summed E-state index contributed by atoms with van der Waals surface area (Å²) in [5, 5.41) is 5.44. The van der Waals surface area contributed by atoms with Crippen LogP contribution in [-0.2, 0) is 6.54 Å². The van der Waals surface area contributed by atoms with E-state index < -0.39 is 0 Å². The number of benzene rings is 1. The SMILES string of the molecule is CC(C)Oc1ccc(NC(=O)NCc2ccco2)cc1. The average molecular weight is 274 g/mol. The highest BCUT2D eigenvalue weighted by molar-refractivity contribution is 5.89. The maximum atomic E-state index is 11.7. The monoisotopic (exact) mass is 274 g/mol. The number of anilines is 1. The van der Waals surface area contributed by atoms with E-state index in [0.29, 0.717) is 18.0 Å². The molecule has 0 aliphatic heterocycles. The van der Waals surface area contributed by atoms with Crippen molar-refractivity contribution in [3.8, 4) is 5.75 Å². The molecule has 1 aromatic carbocycles. The van der Waals surface area contributed by atoms with Gasteiger partial charge in [-0.15, -0.1) is 0 Å². The largest absolute Gasteiger partial charge is 0.491 e. The summed E-state index contributed by atoms with van der Waals surface area (Å²) in [6.07, 6.45) is 1.70. The van der Waals surface area contributed by atoms with Crippen LogP contribution in [0.2, 0.25) is 0 Å². The zero-order valence-corrected chi connectivity index (χ0v) is 11.6. The highest BCUT2D eigenvalue weighted by Gasteiger charge is 2.03. The van der Waals surface area contributed by atoms with E-state index in [2.05, 4.69) is 10.6 Å². The second-order valence-corrected chi connectivity index (χ2v) is 4.58. The van der Waals surface area contributed by atoms with Gasteiger partial charge in [0.1, 0.15) is 11.5 Å². The molecular weight excluding hydrogens is 256 g/mol. The molecule has 106 valence electrons. The molecule has 5 nitrogen and oxygen atoms in total. The minimum atomic E-state index is -0.279. The van der Waals surface area contributed by atoms with E-state index >= 15 is 0 Å². The lowest BCUT2D eigenvalue weighted by Crippen LogP contribution is -2.27. The first-order valence-electron chi connectivity index (χ1n) is 6.47. The molecule has 2 aromatic rings. The van der Waals surface area contributed by atoms with Crippen LogP contribution in [0.15, 0.2) is 47.1 Å². The van der Waals surface area contributed by atoms with Gasteiger partial charge < -0.3 is 19.8 Å². The fraction of sp³-hybridized carbons (Fsp3) is 0.267. The minimum absolute atomic E-state index is 0.130. The topological polar surface area (TPSA) is 63.5 Å². The molecule has 0 atom stereocenters. The number of carbonyl (C=O) groups excluding carboxylic acids is 1. The van der Waals surface area contributed by atoms with Gasteiger partial charge in [-0.25, -0.2) is 4.79 Å². The molecule has 20 heavy (non-hydrogen) atoms. The normalized spacial score (nSPS) is 10.3. The molecule has 0 radical (unpaired) electrons. The summed E-state index contributed by atoms with van der Waals surface area (Å²) >= 11 is 0. The van der Waals surface area contributed by atoms with E-state index in [0.717, 1.165) is 5.75 Å². The fourth-order valence-corrected chi connectivity index (χ4v) is 1.64. The van der Waals surface area contributed by atoms with Gasteiger partial charge in [0.15, 0.2) is 0 Å². The molecule has 2 amide bonds. The molecule has 0 aliphatic rings. The lowest BCUT2D eigenvalue weighted by molar-refractivity contribution is 0.242. The van der Waals surface area contributed by atoms with Crippen molar-refractivity contribution in [1.82, 2.24) is 5.32 Å². The molecule has 0 saturated heterocycles. The minimum Gasteiger partial charge on any atom is -0.491 e. The number of urea groups is 1. The van der Waals surface area contributed by atoms with E-state index in [4.69, 9.17) is 9.15 Å². The van der Waals surface area contributed by atoms with Gasteiger partial charge in [-0.1, -0.05) is 0 Å². The highest BCUT2D eigenvalue weighted by Crippen LogP contribution is 2.16. The molecule has 5 heteroatoms. The maximum Gasteiger partial charge on any atom is 0.319 e. The average Bonchev–Trinajstić information content (AvgIpc) is 2.91. The number of furan rings is 1. The summed E-state index contributed by atoms with van der Waals surface area (Å²) in [5.41, 5.74) is 0.707. The van der Waals surface area contributed by atoms with Crippen molar-refractivity contribution in [1.29, 1.82) is 0 Å². The van der Waals surface area contributed by atoms with Gasteiger partial charge in [0.2, 0.25) is 0 Å². The number of hydrogen-bond acceptors (Lipinski definition) is 3. The fourth-order valence-electron chi connectivity index (χ4n) is 1.64. The van der Waals surface area contributed by atoms with Crippen LogP contribution < -0.4 is 15.4 Å². The Morgan fingerprint density at radius 1 is 1.25 bits per heavy atom. The lowest BCUT2D eigenvalue weighted by Gasteiger charge is -2.11. The van der Waals surface area contributed by atoms with Gasteiger partial charge in [-0.05, 0) is 50.2 Å². The van der Waals surface area contributed by atoms with Gasteiger partial charge >= 0.3 is 6.03 Å². The first-order valence-corrected chi connectivity index (χ1v) is 6.47. The molecule has 0 spiro atoms. The number of nitrogens with one attached hydrogen (secondary N) is 2. The van der Waals surface area contributed by atoms with Crippen LogP contribution in [0.1, 0.15) is 19.6 Å². The third-order valence-corrected chi connectivity index (χ3v) is 2.49. The number of carbonyl (C=O) groups is 1. The Balaban J connectivity index is 1.81. The van der Waals surface area contributed by atoms with Crippen molar-refractivity contribution < 1.29 is 13.9 Å². The Kier molecular flexibility index (Phi) is 4.65. The summed E-state index contributed by atoms with van der Waals surface area (Å²) in [6.45, 7) is 4.29. The van der Waals surface area contributed by atoms with Gasteiger partial charge in [-0.3, -0.25) is 0 Å². The van der Waals surface area contributed by atoms with Crippen molar-refractivity contribution in [3.05, 3.63) is 48.4 Å². The highest BCUT2D eigenvalue weighted by atomic mass is 16.5. The molecule has 2 N–H and O–H groups in total. The van der Waals surface area contributed by atoms with Crippen molar-refractivity contribution in [2.75, 3.05) is 5.32 Å². The van der Waals surface area contributed by atoms with Crippen molar-refractivity contribution in [2.24, 2.45) is 0 Å². The van der Waals surface area contributed by atoms with Crippen LogP contribution in [-0.4, -0.2) is 12.1 Å². The van der Waals surface area contributed by atoms with E-state index in [9.17, 15) is 4.79 Å². The van der Waals surface area contributed by atoms with Crippen molar-refractivity contribution in [3.63, 3.8) is 0 Å². The second-order valence-electron chi connectivity index (χ2n) is 4.58. The summed E-state index contributed by atoms with van der Waals surface area (Å²) in [6, 6.07) is 10.5. The number of rotatable bonds is 5. The van der Waals surface area contributed by atoms with E-state index in [-0.39, 0.29) is 12.1 Å². The Morgan fingerprint density at radius 2 is 2.00 bits per heavy atom. The van der Waals surface area contributed by atoms with Crippen LogP contribution in [0.4, 0.5) is 10.5 Å². The third kappa shape index (κ3) is 4.35. The standard InChI is InChI=1S/C15H18N2O3/c1-11(2)20-13-7-5-12(6-8-13)17-15(18)16-10-14-4-3-9-19-14/h3-9,11H,10H2,1-2H3,(H2,16,17,18). The lowest BCUT2D eigenvalue weighted by atomic mass is 10.3. The van der Waals surface area contributed by atoms with Gasteiger partial charge in [0, 0.05) is 5.69 Å². The Morgan fingerprint density at radius 3 is 2.60 bits per heavy atom. The molecule has 0 unspecified atom stereocenters. The number of hydrogen-bond donors (Lipinski definition) is 2. The molecule has 0 bridgehead atoms. The van der Waals surface area contributed by atoms with E-state index in [1.165, 1.54) is 0 Å². The summed E-state index contributed by atoms with van der Waals surface area (Å²) < 4.78 is 10.7. The molecule has 0 saturated carbocycles. The van der Waals surface area contributed by atoms with Crippen molar-refractivity contribution in [2.45, 2.75) is 26.5 Å². The predicted octanol–water partition coefficient (Wildman–Crippen LogP) is 3.39. The molecule has 0 aliphatic carbocycles. The first-order chi connectivity index (χ1) is 9.63. The smallest absolute Gasteiger partial charge is 0.319 e. The van der Waals surface area contributed by atoms with E-state index in [1.54, 1.807) is 30.5 Å². The molecule has 1 aromatic heterocycles. The van der Waals surface area contributed by atoms with Crippen LogP contribution in [0.5, 0.6) is 5.75 Å². The van der Waals surface area contributed by atoms with Crippen LogP contribution in [0, 0.1) is 0 Å². The zero-order chi connectivity index (χ0) is 14.4. The predicted molar refractivity (Wildman–Crippen MR) is 76.8 cm³/mol. The number of amides is 2. The molecule has 2 rings (SSSR count). The second kappa shape index (κ2) is 6.65. The zero-order valence-electron chi connectivity index (χ0n) is 11.6. The first kappa shape index (κ1) is 14.0. The van der Waals surface area contributed by atoms with Gasteiger partial charge in [0.05, 0.1) is 18.9 Å². The summed E-state index contributed by atoms with van der Waals surface area (Å²) in [5.74, 6) is 1.49. The van der Waals surface area contributed by atoms with Crippen LogP contribution in [0.25, 0.3) is 0 Å². The Labute approximate surface area is 117 Å². The molecule has 0 fully saturated rings. The Bertz CT molecular complexity index is 533. The van der Waals surface area contributed by atoms with Crippen LogP contribution >= 0.6 is 0 Å². The maximum absolute atomic E-state index is 11.7. The molecule has 1 heterocycles. The Hall–Kier alpha value is -2.43. The van der Waals surface area contributed by atoms with E-state index in [1.807, 2.05) is 26.0 Å². The quantitative estimate of drug-likeness (QED) is 0.878. The summed E-state index contributed by atoms with van der Waals surface area (Å²) in [7, 11) is 0. The van der Waals surface area contributed by atoms with Gasteiger partial charge in [-0.2, -0.15) is 0 Å². The van der Waals surface area contributed by atoms with Crippen LogP contribution in [0.3, 0.4) is 0 Å². The summed E-state index contributed by atoms with van der Waals surface area (Å²) in [4.78, 5) is 11.7. The number of ether oxygens (including phenoxy) is 1. The van der Waals surface area contributed by atoms with Gasteiger partial charge in [0.25, 0.3) is 0 Å². The molecular formula is C15H18N2O3. The third-order valence-electron chi connectivity index (χ3n) is 2.49. The van der Waals surface area contributed by atoms with Crippen molar-refractivity contribution >= 4 is 11.7 Å².